The van der Waals surface area contributed by atoms with Crippen LogP contribution in [-0.2, 0) is 10.0 Å². The van der Waals surface area contributed by atoms with Gasteiger partial charge in [0, 0.05) is 5.69 Å². The van der Waals surface area contributed by atoms with Crippen molar-refractivity contribution in [2.75, 3.05) is 24.3 Å². The Bertz CT molecular complexity index is 1130. The minimum Gasteiger partial charge on any atom is -0.496 e. The van der Waals surface area contributed by atoms with Gasteiger partial charge in [0.15, 0.2) is 0 Å². The summed E-state index contributed by atoms with van der Waals surface area (Å²) in [4.78, 5) is 12.6. The molecule has 29 heavy (non-hydrogen) atoms. The largest absolute Gasteiger partial charge is 0.496 e. The number of rotatable bonds is 7. The van der Waals surface area contributed by atoms with Gasteiger partial charge in [-0.25, -0.2) is 8.42 Å². The zero-order chi connectivity index (χ0) is 20.9. The molecule has 0 atom stereocenters. The molecule has 0 aliphatic carbocycles. The van der Waals surface area contributed by atoms with Crippen molar-refractivity contribution < 1.29 is 22.7 Å². The number of nitrogens with one attached hydrogen (secondary N) is 2. The van der Waals surface area contributed by atoms with E-state index in [1.54, 1.807) is 60.7 Å². The average Bonchev–Trinajstić information content (AvgIpc) is 2.74. The second kappa shape index (κ2) is 8.66. The molecule has 0 aliphatic heterocycles. The molecular formula is C21H20N2O5S. The first-order valence-corrected chi connectivity index (χ1v) is 10.1. The number of ether oxygens (including phenoxy) is 2. The highest BCUT2D eigenvalue weighted by Crippen LogP contribution is 2.27. The summed E-state index contributed by atoms with van der Waals surface area (Å²) >= 11 is 0. The van der Waals surface area contributed by atoms with Crippen LogP contribution in [0.2, 0.25) is 0 Å². The summed E-state index contributed by atoms with van der Waals surface area (Å²) in [7, 11) is -0.953. The van der Waals surface area contributed by atoms with Gasteiger partial charge in [-0.1, -0.05) is 30.3 Å². The Morgan fingerprint density at radius 2 is 1.48 bits per heavy atom. The summed E-state index contributed by atoms with van der Waals surface area (Å²) in [6.07, 6.45) is 0. The molecule has 0 saturated carbocycles. The molecule has 0 fully saturated rings. The lowest BCUT2D eigenvalue weighted by atomic mass is 10.2. The zero-order valence-corrected chi connectivity index (χ0v) is 16.7. The van der Waals surface area contributed by atoms with E-state index in [-0.39, 0.29) is 4.90 Å². The topological polar surface area (TPSA) is 93.7 Å². The number of sulfonamides is 1. The van der Waals surface area contributed by atoms with Crippen LogP contribution in [0.25, 0.3) is 0 Å². The first-order valence-electron chi connectivity index (χ1n) is 8.65. The van der Waals surface area contributed by atoms with Gasteiger partial charge in [-0.05, 0) is 42.5 Å². The number of anilines is 2. The smallest absolute Gasteiger partial charge is 0.262 e. The van der Waals surface area contributed by atoms with Crippen LogP contribution in [0, 0.1) is 0 Å². The Morgan fingerprint density at radius 1 is 0.828 bits per heavy atom. The molecule has 0 saturated heterocycles. The first kappa shape index (κ1) is 20.2. The van der Waals surface area contributed by atoms with E-state index in [1.165, 1.54) is 26.4 Å². The maximum atomic E-state index is 12.8. The molecule has 150 valence electrons. The van der Waals surface area contributed by atoms with E-state index in [0.29, 0.717) is 28.4 Å². The Morgan fingerprint density at radius 3 is 2.21 bits per heavy atom. The van der Waals surface area contributed by atoms with E-state index in [9.17, 15) is 13.2 Å². The average molecular weight is 412 g/mol. The predicted molar refractivity (Wildman–Crippen MR) is 111 cm³/mol. The van der Waals surface area contributed by atoms with Crippen molar-refractivity contribution in [1.29, 1.82) is 0 Å². The van der Waals surface area contributed by atoms with Crippen molar-refractivity contribution in [1.82, 2.24) is 0 Å². The molecule has 0 radical (unpaired) electrons. The van der Waals surface area contributed by atoms with Gasteiger partial charge < -0.3 is 14.8 Å². The predicted octanol–water partition coefficient (Wildman–Crippen LogP) is 3.76. The molecule has 0 spiro atoms. The highest BCUT2D eigenvalue weighted by atomic mass is 32.2. The van der Waals surface area contributed by atoms with Crippen molar-refractivity contribution in [3.05, 3.63) is 78.4 Å². The zero-order valence-electron chi connectivity index (χ0n) is 15.9. The number of methoxy groups -OCH3 is 2. The van der Waals surface area contributed by atoms with Crippen LogP contribution in [0.3, 0.4) is 0 Å². The molecule has 0 heterocycles. The Balaban J connectivity index is 1.84. The highest BCUT2D eigenvalue weighted by Gasteiger charge is 2.18. The van der Waals surface area contributed by atoms with Gasteiger partial charge >= 0.3 is 0 Å². The van der Waals surface area contributed by atoms with Gasteiger partial charge in [-0.15, -0.1) is 0 Å². The van der Waals surface area contributed by atoms with E-state index in [2.05, 4.69) is 10.0 Å². The summed E-state index contributed by atoms with van der Waals surface area (Å²) in [6.45, 7) is 0. The number of hydrogen-bond donors (Lipinski definition) is 2. The Labute approximate surface area is 169 Å². The minimum atomic E-state index is -3.89. The molecule has 3 aromatic carbocycles. The summed E-state index contributed by atoms with van der Waals surface area (Å²) in [5, 5.41) is 2.70. The van der Waals surface area contributed by atoms with Crippen LogP contribution in [-0.4, -0.2) is 28.5 Å². The lowest BCUT2D eigenvalue weighted by Crippen LogP contribution is -2.16. The van der Waals surface area contributed by atoms with Gasteiger partial charge in [-0.3, -0.25) is 9.52 Å². The maximum Gasteiger partial charge on any atom is 0.262 e. The van der Waals surface area contributed by atoms with E-state index < -0.39 is 15.9 Å². The molecule has 0 bridgehead atoms. The van der Waals surface area contributed by atoms with Gasteiger partial charge in [0.2, 0.25) is 0 Å². The number of hydrogen-bond acceptors (Lipinski definition) is 5. The summed E-state index contributed by atoms with van der Waals surface area (Å²) in [5.41, 5.74) is 0.998. The molecule has 0 unspecified atom stereocenters. The third-order valence-electron chi connectivity index (χ3n) is 4.11. The Kier molecular flexibility index (Phi) is 6.04. The van der Waals surface area contributed by atoms with E-state index in [4.69, 9.17) is 9.47 Å². The molecule has 0 aromatic heterocycles. The van der Waals surface area contributed by atoms with Crippen LogP contribution >= 0.6 is 0 Å². The van der Waals surface area contributed by atoms with Crippen molar-refractivity contribution >= 4 is 27.3 Å². The van der Waals surface area contributed by atoms with E-state index >= 15 is 0 Å². The van der Waals surface area contributed by atoms with Crippen LogP contribution in [0.1, 0.15) is 10.4 Å². The number of carbonyl (C=O) groups excluding carboxylic acids is 1. The number of carbonyl (C=O) groups is 1. The van der Waals surface area contributed by atoms with Crippen molar-refractivity contribution in [3.8, 4) is 11.5 Å². The monoisotopic (exact) mass is 412 g/mol. The van der Waals surface area contributed by atoms with Crippen LogP contribution < -0.4 is 19.5 Å². The number of benzene rings is 3. The molecule has 0 aliphatic rings. The minimum absolute atomic E-state index is 0.00114. The van der Waals surface area contributed by atoms with Crippen LogP contribution in [0.4, 0.5) is 11.4 Å². The lowest BCUT2D eigenvalue weighted by Gasteiger charge is -2.13. The van der Waals surface area contributed by atoms with Gasteiger partial charge in [0.05, 0.1) is 30.4 Å². The fourth-order valence-electron chi connectivity index (χ4n) is 2.70. The standard InChI is InChI=1S/C21H20N2O5S/c1-27-19-12-5-3-10-17(19)21(24)22-15-8-7-9-16(14-15)29(25,26)23-18-11-4-6-13-20(18)28-2/h3-14,23H,1-2H3,(H,22,24). The fourth-order valence-corrected chi connectivity index (χ4v) is 3.82. The molecular weight excluding hydrogens is 392 g/mol. The summed E-state index contributed by atoms with van der Waals surface area (Å²) in [6, 6.07) is 19.4. The quantitative estimate of drug-likeness (QED) is 0.616. The van der Waals surface area contributed by atoms with Gasteiger partial charge in [0.1, 0.15) is 11.5 Å². The molecule has 2 N–H and O–H groups in total. The summed E-state index contributed by atoms with van der Waals surface area (Å²) in [5.74, 6) is 0.415. The third kappa shape index (κ3) is 4.67. The van der Waals surface area contributed by atoms with Crippen LogP contribution in [0.5, 0.6) is 11.5 Å². The second-order valence-electron chi connectivity index (χ2n) is 5.99. The Hall–Kier alpha value is -3.52. The van der Waals surface area contributed by atoms with E-state index in [0.717, 1.165) is 0 Å². The molecule has 7 nitrogen and oxygen atoms in total. The van der Waals surface area contributed by atoms with Crippen molar-refractivity contribution in [2.45, 2.75) is 4.90 Å². The molecule has 3 rings (SSSR count). The van der Waals surface area contributed by atoms with Crippen LogP contribution in [0.15, 0.2) is 77.7 Å². The molecule has 3 aromatic rings. The van der Waals surface area contributed by atoms with E-state index in [1.807, 2.05) is 0 Å². The second-order valence-corrected chi connectivity index (χ2v) is 7.67. The van der Waals surface area contributed by atoms with Crippen molar-refractivity contribution in [2.24, 2.45) is 0 Å². The highest BCUT2D eigenvalue weighted by molar-refractivity contribution is 7.92. The normalized spacial score (nSPS) is 10.8. The van der Waals surface area contributed by atoms with Crippen molar-refractivity contribution in [3.63, 3.8) is 0 Å². The number of para-hydroxylation sites is 3. The third-order valence-corrected chi connectivity index (χ3v) is 5.47. The number of amides is 1. The van der Waals surface area contributed by atoms with Gasteiger partial charge in [-0.2, -0.15) is 0 Å². The first-order chi connectivity index (χ1) is 13.9. The summed E-state index contributed by atoms with van der Waals surface area (Å²) < 4.78 is 38.4. The fraction of sp³-hybridized carbons (Fsp3) is 0.0952. The SMILES string of the molecule is COc1ccccc1NS(=O)(=O)c1cccc(NC(=O)c2ccccc2OC)c1. The molecule has 1 amide bonds. The van der Waals surface area contributed by atoms with Gasteiger partial charge in [0.25, 0.3) is 15.9 Å². The lowest BCUT2D eigenvalue weighted by molar-refractivity contribution is 0.102. The molecule has 8 heteroatoms. The maximum absolute atomic E-state index is 12.8.